The maximum Gasteiger partial charge on any atom is 0.147 e. The van der Waals surface area contributed by atoms with Crippen molar-refractivity contribution in [1.29, 1.82) is 0 Å². The van der Waals surface area contributed by atoms with Gasteiger partial charge in [-0.25, -0.2) is 0 Å². The third-order valence-electron chi connectivity index (χ3n) is 15.7. The minimum Gasteiger partial charge on any atom is -0.380 e. The molecule has 0 spiro atoms. The topological polar surface area (TPSA) is 30.9 Å². The molecule has 8 rings (SSSR count). The van der Waals surface area contributed by atoms with Crippen molar-refractivity contribution in [3.05, 3.63) is 161 Å². The summed E-state index contributed by atoms with van der Waals surface area (Å²) < 4.78 is 17.4. The van der Waals surface area contributed by atoms with Crippen LogP contribution in [0.5, 0.6) is 0 Å². The van der Waals surface area contributed by atoms with Gasteiger partial charge in [-0.05, 0) is 143 Å². The minimum absolute atomic E-state index is 0.0343. The van der Waals surface area contributed by atoms with Crippen LogP contribution in [0.25, 0.3) is 33.4 Å². The largest absolute Gasteiger partial charge is 0.380 e. The Bertz CT molecular complexity index is 2480. The summed E-state index contributed by atoms with van der Waals surface area (Å²) in [4.78, 5) is 2.40. The van der Waals surface area contributed by atoms with Gasteiger partial charge in [0.1, 0.15) is 6.79 Å². The predicted octanol–water partition coefficient (Wildman–Crippen LogP) is 18.8. The first-order valence-corrected chi connectivity index (χ1v) is 27.6. The Morgan fingerprint density at radius 3 is 1.43 bits per heavy atom. The molecule has 6 aromatic carbocycles. The van der Waals surface area contributed by atoms with E-state index >= 15 is 0 Å². The highest BCUT2D eigenvalue weighted by molar-refractivity contribution is 5.87. The number of benzene rings is 6. The molecular weight excluding hydrogens is 855 g/mol. The van der Waals surface area contributed by atoms with Gasteiger partial charge in [0.15, 0.2) is 0 Å². The van der Waals surface area contributed by atoms with E-state index < -0.39 is 0 Å². The number of aryl methyl sites for hydroxylation is 2. The fraction of sp³-hybridized carbons (Fsp3) is 0.455. The van der Waals surface area contributed by atoms with E-state index in [-0.39, 0.29) is 10.8 Å². The summed E-state index contributed by atoms with van der Waals surface area (Å²) in [5.74, 6) is 0. The molecule has 6 aromatic rings. The summed E-state index contributed by atoms with van der Waals surface area (Å²) in [7, 11) is 0. The van der Waals surface area contributed by atoms with E-state index in [1.54, 1.807) is 0 Å². The fourth-order valence-electron chi connectivity index (χ4n) is 11.1. The van der Waals surface area contributed by atoms with Gasteiger partial charge in [-0.3, -0.25) is 0 Å². The number of rotatable bonds is 29. The van der Waals surface area contributed by atoms with Gasteiger partial charge in [-0.15, -0.1) is 0 Å². The molecule has 0 N–H and O–H groups in total. The lowest BCUT2D eigenvalue weighted by Gasteiger charge is -2.40. The Hall–Kier alpha value is -5.00. The molecule has 0 bridgehead atoms. The molecule has 1 aliphatic carbocycles. The summed E-state index contributed by atoms with van der Waals surface area (Å²) in [6.07, 6.45) is 22.7. The highest BCUT2D eigenvalue weighted by atomic mass is 16.7. The molecule has 0 saturated carbocycles. The third-order valence-corrected chi connectivity index (χ3v) is 15.7. The lowest BCUT2D eigenvalue weighted by molar-refractivity contribution is -0.174. The summed E-state index contributed by atoms with van der Waals surface area (Å²) in [5.41, 5.74) is 18.6. The molecule has 2 aliphatic rings. The van der Waals surface area contributed by atoms with Gasteiger partial charge >= 0.3 is 0 Å². The van der Waals surface area contributed by atoms with Crippen LogP contribution in [-0.4, -0.2) is 26.6 Å². The first-order chi connectivity index (χ1) is 34.4. The van der Waals surface area contributed by atoms with Crippen LogP contribution in [0.3, 0.4) is 0 Å². The monoisotopic (exact) mass is 938 g/mol. The van der Waals surface area contributed by atoms with Gasteiger partial charge in [-0.1, -0.05) is 202 Å². The third kappa shape index (κ3) is 12.5. The van der Waals surface area contributed by atoms with Crippen molar-refractivity contribution in [2.75, 3.05) is 31.5 Å². The van der Waals surface area contributed by atoms with Crippen molar-refractivity contribution in [3.8, 4) is 33.4 Å². The Morgan fingerprint density at radius 2 is 0.929 bits per heavy atom. The summed E-state index contributed by atoms with van der Waals surface area (Å²) in [5, 5.41) is 0. The molecule has 1 aliphatic heterocycles. The molecule has 1 saturated heterocycles. The zero-order valence-electron chi connectivity index (χ0n) is 43.6. The molecule has 0 aromatic heterocycles. The van der Waals surface area contributed by atoms with Crippen molar-refractivity contribution in [1.82, 2.24) is 0 Å². The van der Waals surface area contributed by atoms with E-state index in [1.807, 2.05) is 0 Å². The molecule has 370 valence electrons. The zero-order chi connectivity index (χ0) is 48.6. The van der Waals surface area contributed by atoms with E-state index in [2.05, 4.69) is 173 Å². The van der Waals surface area contributed by atoms with E-state index in [0.717, 1.165) is 26.1 Å². The van der Waals surface area contributed by atoms with Crippen LogP contribution in [-0.2, 0) is 32.7 Å². The number of anilines is 3. The molecule has 0 atom stereocenters. The highest BCUT2D eigenvalue weighted by Gasteiger charge is 2.43. The highest BCUT2D eigenvalue weighted by Crippen LogP contribution is 2.56. The molecule has 0 radical (unpaired) electrons. The van der Waals surface area contributed by atoms with E-state index in [4.69, 9.17) is 14.2 Å². The van der Waals surface area contributed by atoms with Gasteiger partial charge in [-0.2, -0.15) is 0 Å². The van der Waals surface area contributed by atoms with E-state index in [1.165, 1.54) is 181 Å². The second-order valence-corrected chi connectivity index (χ2v) is 21.0. The van der Waals surface area contributed by atoms with E-state index in [9.17, 15) is 0 Å². The van der Waals surface area contributed by atoms with Gasteiger partial charge in [0, 0.05) is 27.9 Å². The molecule has 4 heteroatoms. The van der Waals surface area contributed by atoms with Crippen molar-refractivity contribution in [3.63, 3.8) is 0 Å². The molecule has 1 heterocycles. The number of hydrogen-bond donors (Lipinski definition) is 0. The van der Waals surface area contributed by atoms with Gasteiger partial charge in [0.05, 0.1) is 26.4 Å². The van der Waals surface area contributed by atoms with Crippen LogP contribution in [0, 0.1) is 12.3 Å². The van der Waals surface area contributed by atoms with Gasteiger partial charge < -0.3 is 19.1 Å². The summed E-state index contributed by atoms with van der Waals surface area (Å²) >= 11 is 0. The Kier molecular flexibility index (Phi) is 18.6. The minimum atomic E-state index is -0.0343. The zero-order valence-corrected chi connectivity index (χ0v) is 43.6. The van der Waals surface area contributed by atoms with Crippen LogP contribution < -0.4 is 4.90 Å². The molecule has 0 unspecified atom stereocenters. The normalized spacial score (nSPS) is 14.3. The maximum atomic E-state index is 5.98. The number of nitrogens with zero attached hydrogens (tertiary/aromatic N) is 1. The van der Waals surface area contributed by atoms with Crippen molar-refractivity contribution in [2.45, 2.75) is 162 Å². The fourth-order valence-corrected chi connectivity index (χ4v) is 11.1. The van der Waals surface area contributed by atoms with Crippen molar-refractivity contribution in [2.24, 2.45) is 5.41 Å². The number of fused-ring (bicyclic) bond motifs is 3. The SMILES string of the molecule is CCCCCCCCC1(CCCCCCCC)c2cc(-c3ccc(COCOCC4(CC)COC4)cc3)ccc2-c2ccc(-c3ccc(N(c4ccc(C)cc4)c4ccc(CCCC)cc4)cc3)cc21. The smallest absolute Gasteiger partial charge is 0.147 e. The van der Waals surface area contributed by atoms with Crippen LogP contribution in [0.2, 0.25) is 0 Å². The molecular formula is C66H83NO3. The number of unbranched alkanes of at least 4 members (excludes halogenated alkanes) is 11. The summed E-state index contributed by atoms with van der Waals surface area (Å²) in [6, 6.07) is 51.4. The van der Waals surface area contributed by atoms with Gasteiger partial charge in [0.25, 0.3) is 0 Å². The Morgan fingerprint density at radius 1 is 0.471 bits per heavy atom. The average Bonchev–Trinajstić information content (AvgIpc) is 3.65. The lowest BCUT2D eigenvalue weighted by atomic mass is 9.70. The van der Waals surface area contributed by atoms with Gasteiger partial charge in [0.2, 0.25) is 0 Å². The first kappa shape index (κ1) is 51.4. The summed E-state index contributed by atoms with van der Waals surface area (Å²) in [6.45, 7) is 14.4. The van der Waals surface area contributed by atoms with Crippen LogP contribution in [0.15, 0.2) is 133 Å². The van der Waals surface area contributed by atoms with Crippen LogP contribution in [0.1, 0.15) is 165 Å². The van der Waals surface area contributed by atoms with Crippen molar-refractivity contribution < 1.29 is 14.2 Å². The molecule has 70 heavy (non-hydrogen) atoms. The predicted molar refractivity (Wildman–Crippen MR) is 297 cm³/mol. The molecule has 4 nitrogen and oxygen atoms in total. The maximum absolute atomic E-state index is 5.98. The van der Waals surface area contributed by atoms with Crippen LogP contribution in [0.4, 0.5) is 17.1 Å². The molecule has 1 fully saturated rings. The number of ether oxygens (including phenoxy) is 3. The Labute approximate surface area is 423 Å². The van der Waals surface area contributed by atoms with E-state index in [0.29, 0.717) is 20.0 Å². The average molecular weight is 938 g/mol. The Balaban J connectivity index is 1.09. The van der Waals surface area contributed by atoms with Crippen LogP contribution >= 0.6 is 0 Å². The molecule has 0 amide bonds. The second-order valence-electron chi connectivity index (χ2n) is 21.0. The lowest BCUT2D eigenvalue weighted by Crippen LogP contribution is -2.45. The standard InChI is InChI=1S/C66H83NO3/c1-6-10-13-15-17-19-42-66(43-20-18-16-14-11-7-2)63-44-56(54-28-24-53(25-29-54)46-68-50-70-49-65(9-4)47-69-48-65)32-40-61(63)62-41-33-57(45-64(62)66)55-30-38-60(39-31-55)67(58-34-22-51(5)23-35-58)59-36-26-52(27-37-59)21-12-8-3/h22-41,44-45H,6-21,42-43,46-50H2,1-5H3. The van der Waals surface area contributed by atoms with Crippen molar-refractivity contribution >= 4 is 17.1 Å². The first-order valence-electron chi connectivity index (χ1n) is 27.6. The number of hydrogen-bond acceptors (Lipinski definition) is 4. The quantitative estimate of drug-likeness (QED) is 0.0346. The second kappa shape index (κ2) is 25.4.